The lowest BCUT2D eigenvalue weighted by molar-refractivity contribution is 0.0125. The van der Waals surface area contributed by atoms with Crippen molar-refractivity contribution in [3.05, 3.63) is 29.6 Å². The van der Waals surface area contributed by atoms with Crippen LogP contribution in [0.5, 0.6) is 0 Å². The van der Waals surface area contributed by atoms with E-state index in [1.54, 1.807) is 0 Å². The summed E-state index contributed by atoms with van der Waals surface area (Å²) in [6.45, 7) is 0.255. The van der Waals surface area contributed by atoms with E-state index in [0.717, 1.165) is 6.20 Å². The van der Waals surface area contributed by atoms with E-state index in [-0.39, 0.29) is 24.2 Å². The smallest absolute Gasteiger partial charge is 0.337 e. The summed E-state index contributed by atoms with van der Waals surface area (Å²) in [6, 6.07) is 2.69. The van der Waals surface area contributed by atoms with Crippen LogP contribution in [-0.4, -0.2) is 38.9 Å². The van der Waals surface area contributed by atoms with E-state index in [9.17, 15) is 15.0 Å². The molecule has 0 aliphatic rings. The zero-order valence-electron chi connectivity index (χ0n) is 8.58. The number of carboxylic acids is 1. The first-order chi connectivity index (χ1) is 7.56. The van der Waals surface area contributed by atoms with Crippen LogP contribution < -0.4 is 5.73 Å². The van der Waals surface area contributed by atoms with Gasteiger partial charge in [-0.1, -0.05) is 0 Å². The standard InChI is InChI=1S/C10H14N2O4/c11-4-3-8(13)9(14)7-2-1-6(5-12-7)10(15)16/h1-2,5,8-9,13-14H,3-4,11H2,(H,15,16). The van der Waals surface area contributed by atoms with E-state index in [0.29, 0.717) is 0 Å². The molecule has 88 valence electrons. The second kappa shape index (κ2) is 5.55. The molecular formula is C10H14N2O4. The molecule has 0 saturated heterocycles. The molecule has 0 aliphatic carbocycles. The fourth-order valence-electron chi connectivity index (χ4n) is 1.23. The van der Waals surface area contributed by atoms with Crippen molar-refractivity contribution >= 4 is 5.97 Å². The largest absolute Gasteiger partial charge is 0.478 e. The average molecular weight is 226 g/mol. The van der Waals surface area contributed by atoms with Gasteiger partial charge in [0.25, 0.3) is 0 Å². The summed E-state index contributed by atoms with van der Waals surface area (Å²) < 4.78 is 0. The van der Waals surface area contributed by atoms with Gasteiger partial charge in [0.1, 0.15) is 6.10 Å². The molecule has 0 radical (unpaired) electrons. The Kier molecular flexibility index (Phi) is 4.36. The highest BCUT2D eigenvalue weighted by Gasteiger charge is 2.19. The molecule has 0 bridgehead atoms. The van der Waals surface area contributed by atoms with Gasteiger partial charge in [-0.25, -0.2) is 4.79 Å². The molecule has 1 aromatic heterocycles. The first-order valence-electron chi connectivity index (χ1n) is 4.81. The molecule has 6 heteroatoms. The quantitative estimate of drug-likeness (QED) is 0.539. The van der Waals surface area contributed by atoms with E-state index in [2.05, 4.69) is 4.98 Å². The SMILES string of the molecule is NCCC(O)C(O)c1ccc(C(=O)O)cn1. The summed E-state index contributed by atoms with van der Waals surface area (Å²) in [5.74, 6) is -1.09. The monoisotopic (exact) mass is 226 g/mol. The number of aliphatic hydroxyl groups is 2. The second-order valence-corrected chi connectivity index (χ2v) is 3.37. The van der Waals surface area contributed by atoms with Gasteiger partial charge in [0.05, 0.1) is 17.4 Å². The molecule has 1 rings (SSSR count). The molecule has 16 heavy (non-hydrogen) atoms. The molecular weight excluding hydrogens is 212 g/mol. The van der Waals surface area contributed by atoms with Gasteiger partial charge in [0.15, 0.2) is 0 Å². The lowest BCUT2D eigenvalue weighted by Gasteiger charge is -2.16. The van der Waals surface area contributed by atoms with Gasteiger partial charge in [-0.15, -0.1) is 0 Å². The van der Waals surface area contributed by atoms with E-state index < -0.39 is 18.2 Å². The zero-order valence-corrected chi connectivity index (χ0v) is 8.58. The Morgan fingerprint density at radius 2 is 2.12 bits per heavy atom. The van der Waals surface area contributed by atoms with Crippen molar-refractivity contribution in [1.82, 2.24) is 4.98 Å². The summed E-state index contributed by atoms with van der Waals surface area (Å²) in [6.07, 6.45) is -0.751. The minimum Gasteiger partial charge on any atom is -0.478 e. The number of rotatable bonds is 5. The van der Waals surface area contributed by atoms with Gasteiger partial charge < -0.3 is 21.1 Å². The summed E-state index contributed by atoms with van der Waals surface area (Å²) in [5, 5.41) is 27.7. The molecule has 1 heterocycles. The Hall–Kier alpha value is -1.50. The van der Waals surface area contributed by atoms with Crippen LogP contribution in [0.3, 0.4) is 0 Å². The van der Waals surface area contributed by atoms with Crippen LogP contribution in [0.15, 0.2) is 18.3 Å². The van der Waals surface area contributed by atoms with Crippen LogP contribution >= 0.6 is 0 Å². The number of pyridine rings is 1. The lowest BCUT2D eigenvalue weighted by Crippen LogP contribution is -2.22. The predicted molar refractivity (Wildman–Crippen MR) is 55.8 cm³/mol. The van der Waals surface area contributed by atoms with Crippen molar-refractivity contribution in [2.24, 2.45) is 5.73 Å². The highest BCUT2D eigenvalue weighted by Crippen LogP contribution is 2.16. The number of nitrogens with two attached hydrogens (primary N) is 1. The third-order valence-electron chi connectivity index (χ3n) is 2.16. The maximum atomic E-state index is 10.6. The minimum atomic E-state index is -1.15. The number of carboxylic acid groups (broad SMARTS) is 1. The van der Waals surface area contributed by atoms with Gasteiger partial charge >= 0.3 is 5.97 Å². The molecule has 6 nitrogen and oxygen atoms in total. The Morgan fingerprint density at radius 1 is 1.44 bits per heavy atom. The molecule has 0 amide bonds. The van der Waals surface area contributed by atoms with Crippen molar-refractivity contribution < 1.29 is 20.1 Å². The van der Waals surface area contributed by atoms with Gasteiger partial charge in [-0.05, 0) is 25.1 Å². The molecule has 0 aliphatic heterocycles. The molecule has 5 N–H and O–H groups in total. The third-order valence-corrected chi connectivity index (χ3v) is 2.16. The third kappa shape index (κ3) is 2.99. The second-order valence-electron chi connectivity index (χ2n) is 3.37. The Labute approximate surface area is 92.4 Å². The summed E-state index contributed by atoms with van der Waals surface area (Å²) in [7, 11) is 0. The maximum Gasteiger partial charge on any atom is 0.337 e. The minimum absolute atomic E-state index is 0.0317. The van der Waals surface area contributed by atoms with Crippen LogP contribution in [0.25, 0.3) is 0 Å². The molecule has 1 aromatic rings. The van der Waals surface area contributed by atoms with Crippen LogP contribution in [0.2, 0.25) is 0 Å². The fraction of sp³-hybridized carbons (Fsp3) is 0.400. The molecule has 0 spiro atoms. The van der Waals surface area contributed by atoms with Crippen molar-refractivity contribution in [2.75, 3.05) is 6.54 Å². The van der Waals surface area contributed by atoms with E-state index in [1.807, 2.05) is 0 Å². The van der Waals surface area contributed by atoms with Crippen molar-refractivity contribution in [1.29, 1.82) is 0 Å². The van der Waals surface area contributed by atoms with Gasteiger partial charge in [-0.3, -0.25) is 4.98 Å². The number of nitrogens with zero attached hydrogens (tertiary/aromatic N) is 1. The van der Waals surface area contributed by atoms with E-state index >= 15 is 0 Å². The number of aromatic nitrogens is 1. The Balaban J connectivity index is 2.77. The van der Waals surface area contributed by atoms with Crippen molar-refractivity contribution in [3.8, 4) is 0 Å². The van der Waals surface area contributed by atoms with E-state index in [1.165, 1.54) is 12.1 Å². The van der Waals surface area contributed by atoms with Crippen LogP contribution in [-0.2, 0) is 0 Å². The topological polar surface area (TPSA) is 117 Å². The molecule has 0 aromatic carbocycles. The van der Waals surface area contributed by atoms with Crippen molar-refractivity contribution in [2.45, 2.75) is 18.6 Å². The summed E-state index contributed by atoms with van der Waals surface area (Å²) >= 11 is 0. The Morgan fingerprint density at radius 3 is 2.56 bits per heavy atom. The lowest BCUT2D eigenvalue weighted by atomic mass is 10.1. The number of aliphatic hydroxyl groups excluding tert-OH is 2. The summed E-state index contributed by atoms with van der Waals surface area (Å²) in [4.78, 5) is 14.3. The van der Waals surface area contributed by atoms with Gasteiger partial charge in [0, 0.05) is 6.20 Å². The van der Waals surface area contributed by atoms with Crippen molar-refractivity contribution in [3.63, 3.8) is 0 Å². The zero-order chi connectivity index (χ0) is 12.1. The summed E-state index contributed by atoms with van der Waals surface area (Å²) in [5.41, 5.74) is 5.50. The van der Waals surface area contributed by atoms with Gasteiger partial charge in [-0.2, -0.15) is 0 Å². The molecule has 2 atom stereocenters. The van der Waals surface area contributed by atoms with Crippen LogP contribution in [0.1, 0.15) is 28.6 Å². The first kappa shape index (κ1) is 12.6. The Bertz CT molecular complexity index is 352. The number of aromatic carboxylic acids is 1. The first-order valence-corrected chi connectivity index (χ1v) is 4.81. The predicted octanol–water partition coefficient (Wildman–Crippen LogP) is -0.477. The molecule has 0 saturated carbocycles. The normalized spacial score (nSPS) is 14.4. The van der Waals surface area contributed by atoms with E-state index in [4.69, 9.17) is 10.8 Å². The average Bonchev–Trinajstić information content (AvgIpc) is 2.28. The van der Waals surface area contributed by atoms with Crippen LogP contribution in [0, 0.1) is 0 Å². The van der Waals surface area contributed by atoms with Gasteiger partial charge in [0.2, 0.25) is 0 Å². The molecule has 2 unspecified atom stereocenters. The maximum absolute atomic E-state index is 10.6. The fourth-order valence-corrected chi connectivity index (χ4v) is 1.23. The molecule has 0 fully saturated rings. The van der Waals surface area contributed by atoms with Crippen LogP contribution in [0.4, 0.5) is 0 Å². The highest BCUT2D eigenvalue weighted by molar-refractivity contribution is 5.87. The highest BCUT2D eigenvalue weighted by atomic mass is 16.4. The number of carbonyl (C=O) groups is 1. The number of hydrogen-bond acceptors (Lipinski definition) is 5. The number of hydrogen-bond donors (Lipinski definition) is 4.